The number of nitrogens with one attached hydrogen (secondary N) is 2. The van der Waals surface area contributed by atoms with Gasteiger partial charge in [0.2, 0.25) is 0 Å². The van der Waals surface area contributed by atoms with Gasteiger partial charge >= 0.3 is 0 Å². The molecule has 1 saturated heterocycles. The number of Topliss-reactive ketones (excluding diaryl/α,β-unsaturated/α-hetero) is 1. The number of anilines is 2. The molecular formula is C22H25N3OS. The zero-order valence-electron chi connectivity index (χ0n) is 15.8. The smallest absolute Gasteiger partial charge is 0.186 e. The van der Waals surface area contributed by atoms with Gasteiger partial charge in [0.05, 0.1) is 6.04 Å². The van der Waals surface area contributed by atoms with E-state index in [1.807, 2.05) is 49.1 Å². The molecule has 2 N–H and O–H groups in total. The second-order valence-electron chi connectivity index (χ2n) is 7.08. The molecule has 27 heavy (non-hydrogen) atoms. The Morgan fingerprint density at radius 3 is 2.74 bits per heavy atom. The van der Waals surface area contributed by atoms with Crippen molar-refractivity contribution in [3.05, 3.63) is 59.8 Å². The van der Waals surface area contributed by atoms with Crippen molar-refractivity contribution in [3.8, 4) is 0 Å². The number of carbonyl (C=O) groups excluding carboxylic acids is 1. The fourth-order valence-electron chi connectivity index (χ4n) is 3.64. The number of hydrogen-bond acceptors (Lipinski definition) is 4. The Kier molecular flexibility index (Phi) is 5.12. The van der Waals surface area contributed by atoms with Crippen LogP contribution in [-0.2, 0) is 0 Å². The molecule has 0 unspecified atom stereocenters. The summed E-state index contributed by atoms with van der Waals surface area (Å²) >= 11 is 2.02. The molecule has 1 aliphatic heterocycles. The van der Waals surface area contributed by atoms with Crippen molar-refractivity contribution in [3.63, 3.8) is 0 Å². The summed E-state index contributed by atoms with van der Waals surface area (Å²) in [4.78, 5) is 18.6. The van der Waals surface area contributed by atoms with Crippen molar-refractivity contribution in [1.29, 1.82) is 0 Å². The van der Waals surface area contributed by atoms with Crippen molar-refractivity contribution < 1.29 is 4.79 Å². The number of rotatable bonds is 5. The number of H-pyrrole nitrogens is 1. The molecule has 0 radical (unpaired) electrons. The lowest BCUT2D eigenvalue weighted by Gasteiger charge is -2.29. The maximum absolute atomic E-state index is 13.0. The molecule has 5 heteroatoms. The largest absolute Gasteiger partial charge is 0.375 e. The van der Waals surface area contributed by atoms with Crippen molar-refractivity contribution in [2.75, 3.05) is 34.8 Å². The second kappa shape index (κ2) is 7.69. The third-order valence-electron chi connectivity index (χ3n) is 5.21. The van der Waals surface area contributed by atoms with Crippen molar-refractivity contribution in [2.24, 2.45) is 0 Å². The van der Waals surface area contributed by atoms with Crippen LogP contribution < -0.4 is 10.2 Å². The second-order valence-corrected chi connectivity index (χ2v) is 8.30. The number of fused-ring (bicyclic) bond motifs is 1. The summed E-state index contributed by atoms with van der Waals surface area (Å²) in [5.74, 6) is 2.48. The summed E-state index contributed by atoms with van der Waals surface area (Å²) in [6, 6.07) is 14.1. The summed E-state index contributed by atoms with van der Waals surface area (Å²) in [7, 11) is 0. The minimum atomic E-state index is -0.292. The van der Waals surface area contributed by atoms with Crippen LogP contribution in [0, 0.1) is 6.92 Å². The molecule has 0 bridgehead atoms. The van der Waals surface area contributed by atoms with Gasteiger partial charge in [0.15, 0.2) is 5.78 Å². The molecule has 0 saturated carbocycles. The van der Waals surface area contributed by atoms with Gasteiger partial charge in [0.25, 0.3) is 0 Å². The highest BCUT2D eigenvalue weighted by atomic mass is 32.2. The number of ketones is 1. The third-order valence-corrected chi connectivity index (χ3v) is 6.15. The molecule has 140 valence electrons. The first kappa shape index (κ1) is 18.0. The molecule has 0 amide bonds. The highest BCUT2D eigenvalue weighted by molar-refractivity contribution is 7.99. The van der Waals surface area contributed by atoms with Gasteiger partial charge in [-0.1, -0.05) is 18.2 Å². The molecular weight excluding hydrogens is 354 g/mol. The molecule has 3 aromatic rings. The lowest BCUT2D eigenvalue weighted by atomic mass is 10.0. The first-order chi connectivity index (χ1) is 13.1. The lowest BCUT2D eigenvalue weighted by Crippen LogP contribution is -2.32. The van der Waals surface area contributed by atoms with E-state index in [0.717, 1.165) is 35.2 Å². The van der Waals surface area contributed by atoms with Crippen LogP contribution >= 0.6 is 11.8 Å². The normalized spacial score (nSPS) is 15.7. The Bertz CT molecular complexity index is 959. The Hall–Kier alpha value is -2.40. The van der Waals surface area contributed by atoms with Gasteiger partial charge in [0.1, 0.15) is 0 Å². The quantitative estimate of drug-likeness (QED) is 0.630. The predicted molar refractivity (Wildman–Crippen MR) is 116 cm³/mol. The van der Waals surface area contributed by atoms with E-state index in [1.165, 1.54) is 22.8 Å². The molecule has 1 aliphatic rings. The number of aryl methyl sites for hydroxylation is 1. The Morgan fingerprint density at radius 1 is 1.19 bits per heavy atom. The zero-order valence-corrected chi connectivity index (χ0v) is 16.6. The molecule has 0 spiro atoms. The van der Waals surface area contributed by atoms with E-state index in [0.29, 0.717) is 0 Å². The number of aromatic amines is 1. The average Bonchev–Trinajstić information content (AvgIpc) is 3.13. The molecule has 4 rings (SSSR count). The van der Waals surface area contributed by atoms with Crippen LogP contribution in [0.4, 0.5) is 11.4 Å². The van der Waals surface area contributed by atoms with Gasteiger partial charge in [0, 0.05) is 58.6 Å². The molecule has 1 aromatic heterocycles. The maximum atomic E-state index is 13.0. The Morgan fingerprint density at radius 2 is 1.96 bits per heavy atom. The number of thioether (sulfide) groups is 1. The lowest BCUT2D eigenvalue weighted by molar-refractivity contribution is 0.0977. The Labute approximate surface area is 164 Å². The highest BCUT2D eigenvalue weighted by Gasteiger charge is 2.19. The van der Waals surface area contributed by atoms with E-state index in [-0.39, 0.29) is 11.8 Å². The third kappa shape index (κ3) is 3.69. The van der Waals surface area contributed by atoms with Crippen molar-refractivity contribution in [1.82, 2.24) is 4.98 Å². The standard InChI is InChI=1S/C22H25N3OS/c1-15-13-17(25-9-11-27-12-10-25)7-8-20(15)24-16(2)22(26)19-14-23-21-6-4-3-5-18(19)21/h3-8,13-14,16,23-24H,9-12H2,1-2H3/t16-/m0/s1. The van der Waals surface area contributed by atoms with Gasteiger partial charge in [-0.2, -0.15) is 11.8 Å². The summed E-state index contributed by atoms with van der Waals surface area (Å²) in [5, 5.41) is 4.38. The molecule has 1 atom stereocenters. The summed E-state index contributed by atoms with van der Waals surface area (Å²) < 4.78 is 0. The fourth-order valence-corrected chi connectivity index (χ4v) is 4.54. The molecule has 1 fully saturated rings. The number of hydrogen-bond donors (Lipinski definition) is 2. The average molecular weight is 380 g/mol. The maximum Gasteiger partial charge on any atom is 0.186 e. The minimum absolute atomic E-state index is 0.101. The fraction of sp³-hybridized carbons (Fsp3) is 0.318. The first-order valence-corrected chi connectivity index (χ1v) is 10.6. The minimum Gasteiger partial charge on any atom is -0.375 e. The van der Waals surface area contributed by atoms with Gasteiger partial charge < -0.3 is 15.2 Å². The predicted octanol–water partition coefficient (Wildman–Crippen LogP) is 4.71. The number of benzene rings is 2. The number of carbonyl (C=O) groups is 1. The van der Waals surface area contributed by atoms with Crippen molar-refractivity contribution in [2.45, 2.75) is 19.9 Å². The van der Waals surface area contributed by atoms with Gasteiger partial charge in [-0.25, -0.2) is 0 Å². The van der Waals surface area contributed by atoms with Crippen molar-refractivity contribution >= 4 is 39.8 Å². The molecule has 2 heterocycles. The van der Waals surface area contributed by atoms with E-state index in [9.17, 15) is 4.79 Å². The highest BCUT2D eigenvalue weighted by Crippen LogP contribution is 2.26. The molecule has 0 aliphatic carbocycles. The monoisotopic (exact) mass is 379 g/mol. The topological polar surface area (TPSA) is 48.1 Å². The van der Waals surface area contributed by atoms with E-state index < -0.39 is 0 Å². The van der Waals surface area contributed by atoms with Crippen LogP contribution in [0.2, 0.25) is 0 Å². The van der Waals surface area contributed by atoms with Crippen LogP contribution in [0.5, 0.6) is 0 Å². The van der Waals surface area contributed by atoms with Crippen LogP contribution in [0.3, 0.4) is 0 Å². The van der Waals surface area contributed by atoms with E-state index >= 15 is 0 Å². The Balaban J connectivity index is 1.50. The number of para-hydroxylation sites is 1. The van der Waals surface area contributed by atoms with E-state index in [4.69, 9.17) is 0 Å². The number of nitrogens with zero attached hydrogens (tertiary/aromatic N) is 1. The van der Waals surface area contributed by atoms with Crippen LogP contribution in [0.1, 0.15) is 22.8 Å². The molecule has 4 nitrogen and oxygen atoms in total. The van der Waals surface area contributed by atoms with Crippen LogP contribution in [-0.4, -0.2) is 41.4 Å². The summed E-state index contributed by atoms with van der Waals surface area (Å²) in [5.41, 5.74) is 5.20. The van der Waals surface area contributed by atoms with E-state index in [1.54, 1.807) is 0 Å². The van der Waals surface area contributed by atoms with Crippen LogP contribution in [0.15, 0.2) is 48.7 Å². The van der Waals surface area contributed by atoms with Gasteiger partial charge in [-0.3, -0.25) is 4.79 Å². The van der Waals surface area contributed by atoms with Gasteiger partial charge in [-0.15, -0.1) is 0 Å². The first-order valence-electron chi connectivity index (χ1n) is 9.43. The van der Waals surface area contributed by atoms with E-state index in [2.05, 4.69) is 40.3 Å². The van der Waals surface area contributed by atoms with Gasteiger partial charge in [-0.05, 0) is 43.7 Å². The molecule has 2 aromatic carbocycles. The SMILES string of the molecule is Cc1cc(N2CCSCC2)ccc1N[C@@H](C)C(=O)c1c[nH]c2ccccc12. The zero-order chi connectivity index (χ0) is 18.8. The summed E-state index contributed by atoms with van der Waals surface area (Å²) in [6.45, 7) is 6.24. The number of aromatic nitrogens is 1. The summed E-state index contributed by atoms with van der Waals surface area (Å²) in [6.07, 6.45) is 1.81. The van der Waals surface area contributed by atoms with Crippen LogP contribution in [0.25, 0.3) is 10.9 Å².